The maximum Gasteiger partial charge on any atom is 0.258 e. The number of rotatable bonds is 13. The molecular weight excluding hydrogens is 520 g/mol. The lowest BCUT2D eigenvalue weighted by atomic mass is 10.0. The number of H-pyrrole nitrogens is 1. The number of aromatic nitrogens is 1. The Bertz CT molecular complexity index is 1480. The van der Waals surface area contributed by atoms with Crippen LogP contribution in [0.1, 0.15) is 23.6 Å². The van der Waals surface area contributed by atoms with Crippen molar-refractivity contribution in [3.05, 3.63) is 95.7 Å². The molecule has 9 nitrogen and oxygen atoms in total. The average Bonchev–Trinajstić information content (AvgIpc) is 3.39. The minimum atomic E-state index is -0.376. The molecule has 4 rings (SSSR count). The summed E-state index contributed by atoms with van der Waals surface area (Å²) in [5.41, 5.74) is 3.78. The number of benzene rings is 3. The monoisotopic (exact) mass is 556 g/mol. The van der Waals surface area contributed by atoms with Gasteiger partial charge in [0.2, 0.25) is 11.8 Å². The Hall–Kier alpha value is -4.79. The van der Waals surface area contributed by atoms with Crippen molar-refractivity contribution in [2.24, 2.45) is 0 Å². The Morgan fingerprint density at radius 2 is 1.66 bits per heavy atom. The highest BCUT2D eigenvalue weighted by atomic mass is 16.5. The van der Waals surface area contributed by atoms with Crippen molar-refractivity contribution in [1.29, 1.82) is 0 Å². The molecule has 3 N–H and O–H groups in total. The van der Waals surface area contributed by atoms with Crippen molar-refractivity contribution in [1.82, 2.24) is 20.5 Å². The van der Waals surface area contributed by atoms with Gasteiger partial charge in [0.05, 0.1) is 19.6 Å². The van der Waals surface area contributed by atoms with Crippen LogP contribution in [0, 0.1) is 0 Å². The van der Waals surface area contributed by atoms with E-state index in [0.717, 1.165) is 27.6 Å². The number of hydrogen-bond acceptors (Lipinski definition) is 5. The zero-order valence-corrected chi connectivity index (χ0v) is 23.6. The van der Waals surface area contributed by atoms with Gasteiger partial charge in [-0.05, 0) is 41.8 Å². The molecule has 1 aromatic heterocycles. The number of nitrogens with one attached hydrogen (secondary N) is 3. The summed E-state index contributed by atoms with van der Waals surface area (Å²) in [4.78, 5) is 42.4. The molecule has 4 aromatic rings. The van der Waals surface area contributed by atoms with Crippen LogP contribution in [0.5, 0.6) is 11.5 Å². The smallest absolute Gasteiger partial charge is 0.258 e. The number of fused-ring (bicyclic) bond motifs is 1. The van der Waals surface area contributed by atoms with Crippen molar-refractivity contribution in [3.8, 4) is 11.5 Å². The molecule has 41 heavy (non-hydrogen) atoms. The molecule has 1 unspecified atom stereocenters. The molecule has 1 heterocycles. The van der Waals surface area contributed by atoms with Crippen LogP contribution < -0.4 is 20.1 Å². The Morgan fingerprint density at radius 3 is 2.39 bits per heavy atom. The number of hydrogen-bond donors (Lipinski definition) is 3. The summed E-state index contributed by atoms with van der Waals surface area (Å²) in [6.45, 7) is 1.98. The zero-order chi connectivity index (χ0) is 29.2. The van der Waals surface area contributed by atoms with E-state index in [0.29, 0.717) is 31.0 Å². The summed E-state index contributed by atoms with van der Waals surface area (Å²) in [5.74, 6) is 0.734. The molecule has 0 aliphatic rings. The summed E-state index contributed by atoms with van der Waals surface area (Å²) in [6, 6.07) is 22.3. The summed E-state index contributed by atoms with van der Waals surface area (Å²) in [5, 5.41) is 6.74. The molecule has 0 saturated carbocycles. The highest BCUT2D eigenvalue weighted by molar-refractivity contribution is 5.83. The van der Waals surface area contributed by atoms with Crippen LogP contribution in [0.15, 0.2) is 79.0 Å². The third-order valence-electron chi connectivity index (χ3n) is 6.88. The number of amides is 3. The summed E-state index contributed by atoms with van der Waals surface area (Å²) >= 11 is 0. The minimum absolute atomic E-state index is 0.0791. The molecule has 9 heteroatoms. The van der Waals surface area contributed by atoms with Crippen LogP contribution in [-0.4, -0.2) is 61.0 Å². The Balaban J connectivity index is 1.47. The largest absolute Gasteiger partial charge is 0.496 e. The second kappa shape index (κ2) is 14.0. The fourth-order valence-electron chi connectivity index (χ4n) is 4.73. The van der Waals surface area contributed by atoms with E-state index in [9.17, 15) is 14.4 Å². The van der Waals surface area contributed by atoms with Crippen LogP contribution in [0.4, 0.5) is 0 Å². The van der Waals surface area contributed by atoms with E-state index in [2.05, 4.69) is 15.6 Å². The average molecular weight is 557 g/mol. The SMILES string of the molecule is CNC(=O)Cc1ccc(OCC(=O)NC(Cc2c[nH]c3ccccc23)CN(Cc2ccccc2OC)C(C)=O)cc1. The van der Waals surface area contributed by atoms with E-state index in [4.69, 9.17) is 9.47 Å². The third kappa shape index (κ3) is 8.11. The van der Waals surface area contributed by atoms with Crippen LogP contribution in [0.25, 0.3) is 10.9 Å². The number of nitrogens with zero attached hydrogens (tertiary/aromatic N) is 1. The van der Waals surface area contributed by atoms with E-state index in [1.54, 1.807) is 43.3 Å². The number of para-hydroxylation sites is 2. The first-order valence-electron chi connectivity index (χ1n) is 13.5. The van der Waals surface area contributed by atoms with Crippen molar-refractivity contribution < 1.29 is 23.9 Å². The van der Waals surface area contributed by atoms with E-state index >= 15 is 0 Å². The van der Waals surface area contributed by atoms with E-state index in [-0.39, 0.29) is 36.8 Å². The van der Waals surface area contributed by atoms with Gasteiger partial charge < -0.3 is 30.0 Å². The molecule has 3 aromatic carbocycles. The van der Waals surface area contributed by atoms with Gasteiger partial charge in [0, 0.05) is 49.7 Å². The van der Waals surface area contributed by atoms with Crippen molar-refractivity contribution in [3.63, 3.8) is 0 Å². The topological polar surface area (TPSA) is 113 Å². The van der Waals surface area contributed by atoms with Crippen molar-refractivity contribution in [2.45, 2.75) is 32.4 Å². The lowest BCUT2D eigenvalue weighted by Crippen LogP contribution is -2.47. The lowest BCUT2D eigenvalue weighted by Gasteiger charge is -2.28. The van der Waals surface area contributed by atoms with Crippen molar-refractivity contribution in [2.75, 3.05) is 27.3 Å². The van der Waals surface area contributed by atoms with Gasteiger partial charge in [-0.25, -0.2) is 0 Å². The van der Waals surface area contributed by atoms with Gasteiger partial charge in [0.1, 0.15) is 11.5 Å². The summed E-state index contributed by atoms with van der Waals surface area (Å²) in [6.07, 6.45) is 2.73. The number of carbonyl (C=O) groups excluding carboxylic acids is 3. The van der Waals surface area contributed by atoms with E-state index in [1.165, 1.54) is 6.92 Å². The van der Waals surface area contributed by atoms with Gasteiger partial charge in [-0.1, -0.05) is 48.5 Å². The van der Waals surface area contributed by atoms with Gasteiger partial charge in [-0.3, -0.25) is 14.4 Å². The first-order chi connectivity index (χ1) is 19.9. The first-order valence-corrected chi connectivity index (χ1v) is 13.5. The zero-order valence-electron chi connectivity index (χ0n) is 23.6. The molecule has 0 saturated heterocycles. The van der Waals surface area contributed by atoms with Crippen LogP contribution in [0.3, 0.4) is 0 Å². The van der Waals surface area contributed by atoms with Gasteiger partial charge in [0.25, 0.3) is 5.91 Å². The summed E-state index contributed by atoms with van der Waals surface area (Å²) in [7, 11) is 3.20. The highest BCUT2D eigenvalue weighted by Crippen LogP contribution is 2.22. The van der Waals surface area contributed by atoms with Gasteiger partial charge in [0.15, 0.2) is 6.61 Å². The van der Waals surface area contributed by atoms with Crippen LogP contribution in [0.2, 0.25) is 0 Å². The Labute approximate surface area is 239 Å². The second-order valence-electron chi connectivity index (χ2n) is 9.82. The molecule has 0 aliphatic heterocycles. The number of ether oxygens (including phenoxy) is 2. The molecule has 0 bridgehead atoms. The first kappa shape index (κ1) is 29.2. The number of aromatic amines is 1. The number of methoxy groups -OCH3 is 1. The normalized spacial score (nSPS) is 11.5. The molecule has 214 valence electrons. The number of likely N-dealkylation sites (N-methyl/N-ethyl adjacent to an activating group) is 1. The maximum atomic E-state index is 13.1. The predicted octanol–water partition coefficient (Wildman–Crippen LogP) is 3.62. The standard InChI is InChI=1S/C32H36N4O5/c1-22(37)36(19-24-8-4-7-11-30(24)40-3)20-26(17-25-18-34-29-10-6-5-9-28(25)29)35-32(39)21-41-27-14-12-23(13-15-27)16-31(38)33-2/h4-15,18,26,34H,16-17,19-21H2,1-3H3,(H,33,38)(H,35,39). The van der Waals surface area contributed by atoms with Gasteiger partial charge in [-0.15, -0.1) is 0 Å². The van der Waals surface area contributed by atoms with Crippen LogP contribution >= 0.6 is 0 Å². The molecule has 3 amide bonds. The highest BCUT2D eigenvalue weighted by Gasteiger charge is 2.22. The molecular formula is C32H36N4O5. The Morgan fingerprint density at radius 1 is 0.927 bits per heavy atom. The lowest BCUT2D eigenvalue weighted by molar-refractivity contribution is -0.131. The molecule has 0 aliphatic carbocycles. The third-order valence-corrected chi connectivity index (χ3v) is 6.88. The quantitative estimate of drug-likeness (QED) is 0.233. The summed E-state index contributed by atoms with van der Waals surface area (Å²) < 4.78 is 11.2. The van der Waals surface area contributed by atoms with E-state index in [1.807, 2.05) is 54.7 Å². The maximum absolute atomic E-state index is 13.1. The van der Waals surface area contributed by atoms with Crippen molar-refractivity contribution >= 4 is 28.6 Å². The molecule has 1 atom stereocenters. The number of carbonyl (C=O) groups is 3. The molecule has 0 radical (unpaired) electrons. The Kier molecular flexibility index (Phi) is 9.99. The van der Waals surface area contributed by atoms with Gasteiger partial charge >= 0.3 is 0 Å². The molecule has 0 fully saturated rings. The van der Waals surface area contributed by atoms with Crippen LogP contribution in [-0.2, 0) is 33.8 Å². The second-order valence-corrected chi connectivity index (χ2v) is 9.82. The fraction of sp³-hybridized carbons (Fsp3) is 0.281. The van der Waals surface area contributed by atoms with Gasteiger partial charge in [-0.2, -0.15) is 0 Å². The fourth-order valence-corrected chi connectivity index (χ4v) is 4.73. The molecule has 0 spiro atoms. The minimum Gasteiger partial charge on any atom is -0.496 e. The predicted molar refractivity (Wildman–Crippen MR) is 158 cm³/mol. The van der Waals surface area contributed by atoms with E-state index < -0.39 is 0 Å².